The molecule has 2 atom stereocenters. The number of aryl methyl sites for hydroxylation is 1. The summed E-state index contributed by atoms with van der Waals surface area (Å²) in [5, 5.41) is 4.41. The monoisotopic (exact) mass is 400 g/mol. The number of amides is 2. The van der Waals surface area contributed by atoms with Crippen LogP contribution in [-0.2, 0) is 19.9 Å². The summed E-state index contributed by atoms with van der Waals surface area (Å²) in [5.41, 5.74) is 4.67. The predicted molar refractivity (Wildman–Crippen MR) is 116 cm³/mol. The van der Waals surface area contributed by atoms with Gasteiger partial charge in [0.1, 0.15) is 0 Å². The van der Waals surface area contributed by atoms with Crippen molar-refractivity contribution in [3.8, 4) is 0 Å². The fraction of sp³-hybridized carbons (Fsp3) is 0.292. The van der Waals surface area contributed by atoms with Crippen LogP contribution in [0.2, 0.25) is 0 Å². The summed E-state index contributed by atoms with van der Waals surface area (Å²) >= 11 is 0. The fourth-order valence-corrected chi connectivity index (χ4v) is 4.80. The van der Waals surface area contributed by atoms with Crippen molar-refractivity contribution in [3.05, 3.63) is 77.1 Å². The van der Waals surface area contributed by atoms with Gasteiger partial charge < -0.3 is 9.80 Å². The first-order valence-corrected chi connectivity index (χ1v) is 10.3. The van der Waals surface area contributed by atoms with E-state index in [1.165, 1.54) is 0 Å². The molecule has 0 spiro atoms. The first-order valence-electron chi connectivity index (χ1n) is 10.3. The minimum absolute atomic E-state index is 0.0197. The Bertz CT molecular complexity index is 1080. The highest BCUT2D eigenvalue weighted by Gasteiger charge is 2.38. The molecule has 6 nitrogen and oxygen atoms in total. The Morgan fingerprint density at radius 1 is 0.833 bits per heavy atom. The highest BCUT2D eigenvalue weighted by molar-refractivity contribution is 6.17. The molecule has 152 valence electrons. The maximum absolute atomic E-state index is 13.6. The summed E-state index contributed by atoms with van der Waals surface area (Å²) in [5.74, 6) is -0.402. The second kappa shape index (κ2) is 6.83. The van der Waals surface area contributed by atoms with Crippen molar-refractivity contribution in [2.24, 2.45) is 7.05 Å². The lowest BCUT2D eigenvalue weighted by Crippen LogP contribution is -2.39. The molecule has 2 aromatic carbocycles. The minimum Gasteiger partial charge on any atom is -0.305 e. The van der Waals surface area contributed by atoms with Crippen molar-refractivity contribution in [2.75, 3.05) is 9.80 Å². The van der Waals surface area contributed by atoms with Crippen LogP contribution in [0.4, 0.5) is 11.4 Å². The molecule has 6 heteroatoms. The molecule has 2 unspecified atom stereocenters. The largest absolute Gasteiger partial charge is 0.305 e. The lowest BCUT2D eigenvalue weighted by Gasteiger charge is -2.24. The quantitative estimate of drug-likeness (QED) is 0.660. The first kappa shape index (κ1) is 18.6. The van der Waals surface area contributed by atoms with Crippen LogP contribution in [-0.4, -0.2) is 33.7 Å². The van der Waals surface area contributed by atoms with Crippen molar-refractivity contribution < 1.29 is 9.59 Å². The normalized spacial score (nSPS) is 19.7. The molecular weight excluding hydrogens is 376 g/mol. The molecule has 3 aromatic rings. The fourth-order valence-electron chi connectivity index (χ4n) is 4.80. The van der Waals surface area contributed by atoms with Gasteiger partial charge in [0.15, 0.2) is 5.69 Å². The van der Waals surface area contributed by atoms with Crippen molar-refractivity contribution >= 4 is 23.2 Å². The van der Waals surface area contributed by atoms with E-state index in [9.17, 15) is 9.59 Å². The van der Waals surface area contributed by atoms with Gasteiger partial charge in [0, 0.05) is 36.7 Å². The Balaban J connectivity index is 1.54. The van der Waals surface area contributed by atoms with E-state index in [0.717, 1.165) is 35.3 Å². The van der Waals surface area contributed by atoms with E-state index in [4.69, 9.17) is 0 Å². The maximum atomic E-state index is 13.6. The minimum atomic E-state index is -0.225. The van der Waals surface area contributed by atoms with Gasteiger partial charge in [0.05, 0.1) is 5.56 Å². The van der Waals surface area contributed by atoms with Gasteiger partial charge in [-0.05, 0) is 49.9 Å². The van der Waals surface area contributed by atoms with Crippen molar-refractivity contribution in [1.82, 2.24) is 9.78 Å². The van der Waals surface area contributed by atoms with Crippen molar-refractivity contribution in [2.45, 2.75) is 38.8 Å². The number of para-hydroxylation sites is 2. The highest BCUT2D eigenvalue weighted by atomic mass is 16.2. The molecule has 0 N–H and O–H groups in total. The zero-order valence-electron chi connectivity index (χ0n) is 17.4. The number of aromatic nitrogens is 2. The molecular formula is C24H24N4O2. The molecule has 0 radical (unpaired) electrons. The molecule has 2 amide bonds. The molecule has 0 saturated heterocycles. The molecule has 0 bridgehead atoms. The lowest BCUT2D eigenvalue weighted by atomic mass is 10.1. The van der Waals surface area contributed by atoms with Crippen LogP contribution < -0.4 is 9.80 Å². The van der Waals surface area contributed by atoms with Gasteiger partial charge in [-0.25, -0.2) is 0 Å². The summed E-state index contributed by atoms with van der Waals surface area (Å²) in [6.45, 7) is 4.07. The van der Waals surface area contributed by atoms with Crippen LogP contribution in [0, 0.1) is 0 Å². The van der Waals surface area contributed by atoms with E-state index in [1.807, 2.05) is 56.3 Å². The van der Waals surface area contributed by atoms with Crippen LogP contribution in [0.5, 0.6) is 0 Å². The zero-order chi connectivity index (χ0) is 21.0. The summed E-state index contributed by atoms with van der Waals surface area (Å²) in [7, 11) is 1.75. The molecule has 1 aromatic heterocycles. The molecule has 5 rings (SSSR count). The Morgan fingerprint density at radius 2 is 1.33 bits per heavy atom. The average Bonchev–Trinajstić information content (AvgIpc) is 3.38. The van der Waals surface area contributed by atoms with Crippen LogP contribution in [0.25, 0.3) is 0 Å². The topological polar surface area (TPSA) is 58.4 Å². The summed E-state index contributed by atoms with van der Waals surface area (Å²) in [4.78, 5) is 30.8. The van der Waals surface area contributed by atoms with Gasteiger partial charge in [0.2, 0.25) is 0 Å². The lowest BCUT2D eigenvalue weighted by molar-refractivity contribution is 0.0946. The van der Waals surface area contributed by atoms with E-state index in [0.29, 0.717) is 5.56 Å². The molecule has 3 heterocycles. The number of hydrogen-bond donors (Lipinski definition) is 0. The second-order valence-corrected chi connectivity index (χ2v) is 8.28. The molecule has 30 heavy (non-hydrogen) atoms. The van der Waals surface area contributed by atoms with Crippen molar-refractivity contribution in [3.63, 3.8) is 0 Å². The SMILES string of the molecule is CC1Cc2ccccc2N1C(=O)c1cn(C)nc1C(=O)N1c2ccccc2CC1C. The van der Waals surface area contributed by atoms with Gasteiger partial charge >= 0.3 is 0 Å². The Morgan fingerprint density at radius 3 is 1.90 bits per heavy atom. The van der Waals surface area contributed by atoms with Crippen LogP contribution in [0.15, 0.2) is 54.7 Å². The van der Waals surface area contributed by atoms with Gasteiger partial charge in [0.25, 0.3) is 11.8 Å². The second-order valence-electron chi connectivity index (χ2n) is 8.28. The smallest absolute Gasteiger partial charge is 0.279 e. The number of fused-ring (bicyclic) bond motifs is 2. The predicted octanol–water partition coefficient (Wildman–Crippen LogP) is 3.60. The van der Waals surface area contributed by atoms with Gasteiger partial charge in [-0.1, -0.05) is 36.4 Å². The van der Waals surface area contributed by atoms with E-state index >= 15 is 0 Å². The Kier molecular flexibility index (Phi) is 4.24. The number of rotatable bonds is 2. The standard InChI is InChI=1S/C24H24N4O2/c1-15-12-17-8-4-6-10-20(17)27(15)23(29)19-14-26(3)25-22(19)24(30)28-16(2)13-18-9-5-7-11-21(18)28/h4-11,14-16H,12-13H2,1-3H3. The van der Waals surface area contributed by atoms with E-state index in [1.54, 1.807) is 27.7 Å². The summed E-state index contributed by atoms with van der Waals surface area (Å²) in [6.07, 6.45) is 3.27. The van der Waals surface area contributed by atoms with E-state index in [-0.39, 0.29) is 29.6 Å². The number of benzene rings is 2. The highest BCUT2D eigenvalue weighted by Crippen LogP contribution is 2.35. The third-order valence-corrected chi connectivity index (χ3v) is 6.11. The molecule has 0 fully saturated rings. The Labute approximate surface area is 175 Å². The number of carbonyl (C=O) groups is 2. The van der Waals surface area contributed by atoms with Gasteiger partial charge in [-0.2, -0.15) is 5.10 Å². The molecule has 2 aliphatic rings. The van der Waals surface area contributed by atoms with E-state index < -0.39 is 0 Å². The number of carbonyl (C=O) groups excluding carboxylic acids is 2. The number of hydrogen-bond acceptors (Lipinski definition) is 3. The van der Waals surface area contributed by atoms with Crippen LogP contribution >= 0.6 is 0 Å². The van der Waals surface area contributed by atoms with Crippen LogP contribution in [0.1, 0.15) is 45.8 Å². The van der Waals surface area contributed by atoms with Gasteiger partial charge in [-0.15, -0.1) is 0 Å². The molecule has 0 saturated carbocycles. The molecule has 2 aliphatic heterocycles. The average molecular weight is 400 g/mol. The third-order valence-electron chi connectivity index (χ3n) is 6.11. The van der Waals surface area contributed by atoms with Crippen molar-refractivity contribution in [1.29, 1.82) is 0 Å². The number of anilines is 2. The van der Waals surface area contributed by atoms with Gasteiger partial charge in [-0.3, -0.25) is 14.3 Å². The summed E-state index contributed by atoms with van der Waals surface area (Å²) < 4.78 is 1.56. The number of nitrogens with zero attached hydrogens (tertiary/aromatic N) is 4. The van der Waals surface area contributed by atoms with E-state index in [2.05, 4.69) is 11.2 Å². The molecule has 0 aliphatic carbocycles. The van der Waals surface area contributed by atoms with Crippen LogP contribution in [0.3, 0.4) is 0 Å². The third kappa shape index (κ3) is 2.75. The Hall–Kier alpha value is -3.41. The maximum Gasteiger partial charge on any atom is 0.279 e. The summed E-state index contributed by atoms with van der Waals surface area (Å²) in [6, 6.07) is 15.9. The zero-order valence-corrected chi connectivity index (χ0v) is 17.4. The first-order chi connectivity index (χ1) is 14.5.